The van der Waals surface area contributed by atoms with Crippen LogP contribution < -0.4 is 5.32 Å². The second-order valence-electron chi connectivity index (χ2n) is 7.57. The number of phenolic OH excluding ortho intramolecular Hbond substituents is 1. The van der Waals surface area contributed by atoms with E-state index in [1.54, 1.807) is 41.3 Å². The molecule has 0 fully saturated rings. The lowest BCUT2D eigenvalue weighted by molar-refractivity contribution is -0.115. The van der Waals surface area contributed by atoms with E-state index < -0.39 is 0 Å². The van der Waals surface area contributed by atoms with E-state index in [4.69, 9.17) is 11.6 Å². The van der Waals surface area contributed by atoms with E-state index in [1.807, 2.05) is 39.0 Å². The summed E-state index contributed by atoms with van der Waals surface area (Å²) in [5.74, 6) is 0.415. The minimum atomic E-state index is -0.189. The number of anilines is 1. The van der Waals surface area contributed by atoms with E-state index >= 15 is 0 Å². The quantitative estimate of drug-likeness (QED) is 0.458. The zero-order valence-corrected chi connectivity index (χ0v) is 18.7. The van der Waals surface area contributed by atoms with Gasteiger partial charge in [0.25, 0.3) is 0 Å². The summed E-state index contributed by atoms with van der Waals surface area (Å²) in [6, 6.07) is 12.5. The summed E-state index contributed by atoms with van der Waals surface area (Å²) in [5.41, 5.74) is 5.55. The van der Waals surface area contributed by atoms with Gasteiger partial charge in [0.2, 0.25) is 5.91 Å². The van der Waals surface area contributed by atoms with Gasteiger partial charge in [0.15, 0.2) is 5.82 Å². The summed E-state index contributed by atoms with van der Waals surface area (Å²) in [7, 11) is 0. The SMILES string of the molecule is Cc1ccc(-n2nc(C)c(CC(=O)Nc3cnc(-c4cccc(O)c4)nc3)c2C)cc1Cl. The lowest BCUT2D eigenvalue weighted by atomic mass is 10.1. The van der Waals surface area contributed by atoms with Crippen molar-refractivity contribution in [3.8, 4) is 22.8 Å². The van der Waals surface area contributed by atoms with Gasteiger partial charge in [-0.15, -0.1) is 0 Å². The Labute approximate surface area is 190 Å². The summed E-state index contributed by atoms with van der Waals surface area (Å²) in [5, 5.41) is 17.7. The van der Waals surface area contributed by atoms with Crippen molar-refractivity contribution in [3.63, 3.8) is 0 Å². The lowest BCUT2D eigenvalue weighted by Gasteiger charge is -2.08. The Hall–Kier alpha value is -3.71. The molecule has 0 unspecified atom stereocenters. The van der Waals surface area contributed by atoms with Gasteiger partial charge in [-0.1, -0.05) is 29.8 Å². The lowest BCUT2D eigenvalue weighted by Crippen LogP contribution is -2.15. The number of aromatic hydroxyl groups is 1. The van der Waals surface area contributed by atoms with Gasteiger partial charge < -0.3 is 10.4 Å². The zero-order valence-electron chi connectivity index (χ0n) is 17.9. The molecule has 4 aromatic rings. The third kappa shape index (κ3) is 4.48. The predicted molar refractivity (Wildman–Crippen MR) is 124 cm³/mol. The average molecular weight is 448 g/mol. The van der Waals surface area contributed by atoms with Gasteiger partial charge in [0.05, 0.1) is 35.9 Å². The number of carbonyl (C=O) groups is 1. The largest absolute Gasteiger partial charge is 0.508 e. The van der Waals surface area contributed by atoms with Gasteiger partial charge in [-0.3, -0.25) is 4.79 Å². The third-order valence-corrected chi connectivity index (χ3v) is 5.63. The van der Waals surface area contributed by atoms with E-state index in [-0.39, 0.29) is 18.1 Å². The van der Waals surface area contributed by atoms with Gasteiger partial charge >= 0.3 is 0 Å². The minimum absolute atomic E-state index is 0.141. The smallest absolute Gasteiger partial charge is 0.229 e. The van der Waals surface area contributed by atoms with Crippen LogP contribution in [0.5, 0.6) is 5.75 Å². The van der Waals surface area contributed by atoms with Crippen LogP contribution >= 0.6 is 11.6 Å². The van der Waals surface area contributed by atoms with Crippen molar-refractivity contribution in [2.75, 3.05) is 5.32 Å². The molecule has 7 nitrogen and oxygen atoms in total. The summed E-state index contributed by atoms with van der Waals surface area (Å²) in [6.07, 6.45) is 3.26. The Morgan fingerprint density at radius 3 is 2.53 bits per heavy atom. The summed E-state index contributed by atoms with van der Waals surface area (Å²) in [4.78, 5) is 21.2. The Balaban J connectivity index is 1.48. The predicted octanol–water partition coefficient (Wildman–Crippen LogP) is 4.79. The first-order valence-corrected chi connectivity index (χ1v) is 10.4. The summed E-state index contributed by atoms with van der Waals surface area (Å²) in [6.45, 7) is 5.77. The second kappa shape index (κ2) is 8.80. The van der Waals surface area contributed by atoms with Crippen LogP contribution in [0, 0.1) is 20.8 Å². The minimum Gasteiger partial charge on any atom is -0.508 e. The molecular weight excluding hydrogens is 426 g/mol. The van der Waals surface area contributed by atoms with Gasteiger partial charge in [0.1, 0.15) is 5.75 Å². The molecular formula is C24H22ClN5O2. The number of aromatic nitrogens is 4. The van der Waals surface area contributed by atoms with E-state index in [9.17, 15) is 9.90 Å². The molecule has 162 valence electrons. The molecule has 0 aliphatic carbocycles. The average Bonchev–Trinajstić information content (AvgIpc) is 3.04. The fourth-order valence-corrected chi connectivity index (χ4v) is 3.62. The number of halogens is 1. The van der Waals surface area contributed by atoms with Gasteiger partial charge in [-0.05, 0) is 50.6 Å². The van der Waals surface area contributed by atoms with Crippen molar-refractivity contribution >= 4 is 23.2 Å². The Morgan fingerprint density at radius 1 is 1.09 bits per heavy atom. The number of rotatable bonds is 5. The third-order valence-electron chi connectivity index (χ3n) is 5.22. The maximum Gasteiger partial charge on any atom is 0.229 e. The van der Waals surface area contributed by atoms with Crippen molar-refractivity contribution in [3.05, 3.63) is 82.4 Å². The molecule has 0 bridgehead atoms. The van der Waals surface area contributed by atoms with Crippen LogP contribution in [0.2, 0.25) is 5.02 Å². The normalized spacial score (nSPS) is 10.9. The maximum atomic E-state index is 12.7. The maximum absolute atomic E-state index is 12.7. The Morgan fingerprint density at radius 2 is 1.84 bits per heavy atom. The summed E-state index contributed by atoms with van der Waals surface area (Å²) >= 11 is 6.27. The topological polar surface area (TPSA) is 92.9 Å². The molecule has 2 aromatic heterocycles. The molecule has 0 radical (unpaired) electrons. The van der Waals surface area contributed by atoms with Crippen LogP contribution in [0.1, 0.15) is 22.5 Å². The number of aryl methyl sites for hydroxylation is 2. The number of phenols is 1. The number of amides is 1. The highest BCUT2D eigenvalue weighted by molar-refractivity contribution is 6.31. The first-order valence-electron chi connectivity index (χ1n) is 10.0. The Kier molecular flexibility index (Phi) is 5.92. The molecule has 4 rings (SSSR count). The second-order valence-corrected chi connectivity index (χ2v) is 7.97. The van der Waals surface area contributed by atoms with Crippen LogP contribution in [0.15, 0.2) is 54.9 Å². The van der Waals surface area contributed by atoms with Gasteiger partial charge in [-0.2, -0.15) is 5.10 Å². The highest BCUT2D eigenvalue weighted by atomic mass is 35.5. The number of nitrogens with one attached hydrogen (secondary N) is 1. The molecule has 32 heavy (non-hydrogen) atoms. The molecule has 1 amide bonds. The molecule has 0 spiro atoms. The molecule has 2 heterocycles. The molecule has 0 aliphatic rings. The van der Waals surface area contributed by atoms with E-state index in [2.05, 4.69) is 20.4 Å². The number of carbonyl (C=O) groups excluding carboxylic acids is 1. The number of nitrogens with zero attached hydrogens (tertiary/aromatic N) is 4. The summed E-state index contributed by atoms with van der Waals surface area (Å²) < 4.78 is 1.80. The number of hydrogen-bond acceptors (Lipinski definition) is 5. The van der Waals surface area contributed by atoms with Crippen molar-refractivity contribution in [1.82, 2.24) is 19.7 Å². The molecule has 0 aliphatic heterocycles. The van der Waals surface area contributed by atoms with Crippen LogP contribution in [0.25, 0.3) is 17.1 Å². The van der Waals surface area contributed by atoms with Crippen LogP contribution in [-0.4, -0.2) is 30.8 Å². The van der Waals surface area contributed by atoms with E-state index in [1.165, 1.54) is 0 Å². The Bertz CT molecular complexity index is 1300. The van der Waals surface area contributed by atoms with Crippen molar-refractivity contribution < 1.29 is 9.90 Å². The van der Waals surface area contributed by atoms with Crippen LogP contribution in [-0.2, 0) is 11.2 Å². The first-order chi connectivity index (χ1) is 15.3. The highest BCUT2D eigenvalue weighted by Gasteiger charge is 2.17. The zero-order chi connectivity index (χ0) is 22.8. The van der Waals surface area contributed by atoms with Crippen molar-refractivity contribution in [2.45, 2.75) is 27.2 Å². The molecule has 0 saturated carbocycles. The van der Waals surface area contributed by atoms with Gasteiger partial charge in [0, 0.05) is 21.8 Å². The van der Waals surface area contributed by atoms with Crippen LogP contribution in [0.4, 0.5) is 5.69 Å². The van der Waals surface area contributed by atoms with Crippen molar-refractivity contribution in [1.29, 1.82) is 0 Å². The fraction of sp³-hybridized carbons (Fsp3) is 0.167. The van der Waals surface area contributed by atoms with E-state index in [0.29, 0.717) is 22.1 Å². The van der Waals surface area contributed by atoms with E-state index in [0.717, 1.165) is 28.2 Å². The molecule has 8 heteroatoms. The molecule has 0 saturated heterocycles. The van der Waals surface area contributed by atoms with Gasteiger partial charge in [-0.25, -0.2) is 14.6 Å². The molecule has 2 aromatic carbocycles. The first kappa shape index (κ1) is 21.5. The number of benzene rings is 2. The standard InChI is InChI=1S/C24H22ClN5O2/c1-14-7-8-19(10-22(14)25)30-16(3)21(15(2)29-30)11-23(32)28-18-12-26-24(27-13-18)17-5-4-6-20(31)9-17/h4-10,12-13,31H,11H2,1-3H3,(H,28,32). The van der Waals surface area contributed by atoms with Crippen LogP contribution in [0.3, 0.4) is 0 Å². The highest BCUT2D eigenvalue weighted by Crippen LogP contribution is 2.24. The van der Waals surface area contributed by atoms with Crippen molar-refractivity contribution in [2.24, 2.45) is 0 Å². The molecule has 0 atom stereocenters. The monoisotopic (exact) mass is 447 g/mol. The molecule has 2 N–H and O–H groups in total. The fourth-order valence-electron chi connectivity index (χ4n) is 3.45. The number of hydrogen-bond donors (Lipinski definition) is 2.